The highest BCUT2D eigenvalue weighted by Gasteiger charge is 2.24. The number of likely N-dealkylation sites (N-methyl/N-ethyl adjacent to an activating group) is 1. The lowest BCUT2D eigenvalue weighted by atomic mass is 9.84. The zero-order chi connectivity index (χ0) is 13.1. The SMILES string of the molecule is CNC(Cn1cnc2c1CCCC2)C1CCCCC1. The molecule has 0 saturated heterocycles. The second-order valence-electron chi connectivity index (χ2n) is 6.29. The van der Waals surface area contributed by atoms with Crippen molar-refractivity contribution in [2.75, 3.05) is 7.05 Å². The Morgan fingerprint density at radius 3 is 2.79 bits per heavy atom. The van der Waals surface area contributed by atoms with Crippen LogP contribution in [-0.2, 0) is 19.4 Å². The number of hydrogen-bond donors (Lipinski definition) is 1. The van der Waals surface area contributed by atoms with E-state index in [4.69, 9.17) is 0 Å². The van der Waals surface area contributed by atoms with Gasteiger partial charge < -0.3 is 9.88 Å². The molecule has 0 radical (unpaired) electrons. The van der Waals surface area contributed by atoms with Gasteiger partial charge in [0.2, 0.25) is 0 Å². The molecule has 1 fully saturated rings. The zero-order valence-corrected chi connectivity index (χ0v) is 12.2. The van der Waals surface area contributed by atoms with Crippen molar-refractivity contribution in [2.24, 2.45) is 5.92 Å². The highest BCUT2D eigenvalue weighted by molar-refractivity contribution is 5.16. The highest BCUT2D eigenvalue weighted by Crippen LogP contribution is 2.28. The summed E-state index contributed by atoms with van der Waals surface area (Å²) in [6.45, 7) is 1.11. The summed E-state index contributed by atoms with van der Waals surface area (Å²) in [5.74, 6) is 0.861. The third-order valence-corrected chi connectivity index (χ3v) is 5.09. The summed E-state index contributed by atoms with van der Waals surface area (Å²) >= 11 is 0. The van der Waals surface area contributed by atoms with Crippen molar-refractivity contribution >= 4 is 0 Å². The zero-order valence-electron chi connectivity index (χ0n) is 12.2. The first-order valence-electron chi connectivity index (χ1n) is 8.08. The molecule has 1 unspecified atom stereocenters. The third-order valence-electron chi connectivity index (χ3n) is 5.09. The van der Waals surface area contributed by atoms with Gasteiger partial charge >= 0.3 is 0 Å². The maximum atomic E-state index is 4.62. The summed E-state index contributed by atoms with van der Waals surface area (Å²) in [6.07, 6.45) is 14.3. The summed E-state index contributed by atoms with van der Waals surface area (Å²) in [5, 5.41) is 3.57. The van der Waals surface area contributed by atoms with Crippen molar-refractivity contribution < 1.29 is 0 Å². The van der Waals surface area contributed by atoms with E-state index < -0.39 is 0 Å². The van der Waals surface area contributed by atoms with Crippen LogP contribution in [-0.4, -0.2) is 22.6 Å². The minimum Gasteiger partial charge on any atom is -0.333 e. The second kappa shape index (κ2) is 6.08. The molecule has 0 amide bonds. The van der Waals surface area contributed by atoms with Gasteiger partial charge in [-0.15, -0.1) is 0 Å². The standard InChI is InChI=1S/C16H27N3/c1-17-15(13-7-3-2-4-8-13)11-19-12-18-14-9-5-6-10-16(14)19/h12-13,15,17H,2-11H2,1H3. The van der Waals surface area contributed by atoms with E-state index in [1.807, 2.05) is 0 Å². The van der Waals surface area contributed by atoms with E-state index in [-0.39, 0.29) is 0 Å². The molecule has 3 rings (SSSR count). The summed E-state index contributed by atoms with van der Waals surface area (Å²) < 4.78 is 2.43. The molecule has 3 heteroatoms. The molecule has 1 saturated carbocycles. The lowest BCUT2D eigenvalue weighted by Gasteiger charge is -2.31. The molecule has 0 aromatic carbocycles. The van der Waals surface area contributed by atoms with Crippen LogP contribution in [0.4, 0.5) is 0 Å². The molecule has 0 spiro atoms. The van der Waals surface area contributed by atoms with Gasteiger partial charge in [-0.3, -0.25) is 0 Å². The third kappa shape index (κ3) is 2.86. The van der Waals surface area contributed by atoms with Crippen molar-refractivity contribution in [2.45, 2.75) is 70.4 Å². The number of hydrogen-bond acceptors (Lipinski definition) is 2. The van der Waals surface area contributed by atoms with Crippen LogP contribution >= 0.6 is 0 Å². The average molecular weight is 261 g/mol. The molecule has 0 aliphatic heterocycles. The lowest BCUT2D eigenvalue weighted by molar-refractivity contribution is 0.256. The van der Waals surface area contributed by atoms with Crippen LogP contribution in [0.5, 0.6) is 0 Å². The Kier molecular flexibility index (Phi) is 4.21. The van der Waals surface area contributed by atoms with Gasteiger partial charge in [0.15, 0.2) is 0 Å². The molecule has 0 bridgehead atoms. The van der Waals surface area contributed by atoms with E-state index in [0.29, 0.717) is 6.04 Å². The van der Waals surface area contributed by atoms with Gasteiger partial charge in [0.25, 0.3) is 0 Å². The van der Waals surface area contributed by atoms with Crippen LogP contribution < -0.4 is 5.32 Å². The average Bonchev–Trinajstić information content (AvgIpc) is 2.89. The van der Waals surface area contributed by atoms with Gasteiger partial charge in [0, 0.05) is 18.3 Å². The maximum Gasteiger partial charge on any atom is 0.0952 e. The van der Waals surface area contributed by atoms with Gasteiger partial charge in [-0.1, -0.05) is 19.3 Å². The topological polar surface area (TPSA) is 29.9 Å². The molecular weight excluding hydrogens is 234 g/mol. The van der Waals surface area contributed by atoms with Crippen LogP contribution in [0.15, 0.2) is 6.33 Å². The smallest absolute Gasteiger partial charge is 0.0952 e. The molecule has 2 aliphatic rings. The summed E-state index contributed by atoms with van der Waals surface area (Å²) in [5.41, 5.74) is 2.88. The Balaban J connectivity index is 1.69. The predicted octanol–water partition coefficient (Wildman–Crippen LogP) is 2.93. The quantitative estimate of drug-likeness (QED) is 0.903. The number of aromatic nitrogens is 2. The number of aryl methyl sites for hydroxylation is 1. The van der Waals surface area contributed by atoms with E-state index in [9.17, 15) is 0 Å². The summed E-state index contributed by atoms with van der Waals surface area (Å²) in [6, 6.07) is 0.625. The van der Waals surface area contributed by atoms with Crippen molar-refractivity contribution in [1.82, 2.24) is 14.9 Å². The largest absolute Gasteiger partial charge is 0.333 e. The van der Waals surface area contributed by atoms with Crippen LogP contribution in [0.1, 0.15) is 56.3 Å². The predicted molar refractivity (Wildman–Crippen MR) is 78.3 cm³/mol. The molecule has 2 aliphatic carbocycles. The van der Waals surface area contributed by atoms with E-state index >= 15 is 0 Å². The Morgan fingerprint density at radius 1 is 1.21 bits per heavy atom. The number of rotatable bonds is 4. The number of fused-ring (bicyclic) bond motifs is 1. The van der Waals surface area contributed by atoms with Crippen molar-refractivity contribution in [1.29, 1.82) is 0 Å². The fourth-order valence-electron chi connectivity index (χ4n) is 3.91. The Bertz CT molecular complexity index is 404. The van der Waals surface area contributed by atoms with Gasteiger partial charge in [-0.2, -0.15) is 0 Å². The summed E-state index contributed by atoms with van der Waals surface area (Å²) in [7, 11) is 2.13. The highest BCUT2D eigenvalue weighted by atomic mass is 15.1. The van der Waals surface area contributed by atoms with Crippen molar-refractivity contribution in [3.8, 4) is 0 Å². The van der Waals surface area contributed by atoms with Crippen molar-refractivity contribution in [3.63, 3.8) is 0 Å². The van der Waals surface area contributed by atoms with Crippen LogP contribution in [0.2, 0.25) is 0 Å². The Morgan fingerprint density at radius 2 is 2.00 bits per heavy atom. The molecule has 1 atom stereocenters. The Hall–Kier alpha value is -0.830. The maximum absolute atomic E-state index is 4.62. The van der Waals surface area contributed by atoms with Crippen LogP contribution in [0, 0.1) is 5.92 Å². The molecular formula is C16H27N3. The van der Waals surface area contributed by atoms with Gasteiger partial charge in [-0.25, -0.2) is 4.98 Å². The number of nitrogens with one attached hydrogen (secondary N) is 1. The van der Waals surface area contributed by atoms with E-state index in [0.717, 1.165) is 12.5 Å². The van der Waals surface area contributed by atoms with Crippen LogP contribution in [0.3, 0.4) is 0 Å². The van der Waals surface area contributed by atoms with E-state index in [2.05, 4.69) is 28.2 Å². The monoisotopic (exact) mass is 261 g/mol. The lowest BCUT2D eigenvalue weighted by Crippen LogP contribution is -2.38. The molecule has 106 valence electrons. The fourth-order valence-corrected chi connectivity index (χ4v) is 3.91. The minimum absolute atomic E-state index is 0.625. The first-order valence-corrected chi connectivity index (χ1v) is 8.08. The molecule has 19 heavy (non-hydrogen) atoms. The second-order valence-corrected chi connectivity index (χ2v) is 6.29. The molecule has 1 aromatic rings. The van der Waals surface area contributed by atoms with Gasteiger partial charge in [-0.05, 0) is 51.5 Å². The van der Waals surface area contributed by atoms with Gasteiger partial charge in [0.1, 0.15) is 0 Å². The first kappa shape index (κ1) is 13.2. The molecule has 1 aromatic heterocycles. The minimum atomic E-state index is 0.625. The van der Waals surface area contributed by atoms with E-state index in [1.54, 1.807) is 0 Å². The van der Waals surface area contributed by atoms with E-state index in [1.165, 1.54) is 69.2 Å². The fraction of sp³-hybridized carbons (Fsp3) is 0.812. The Labute approximate surface area is 116 Å². The first-order chi connectivity index (χ1) is 9.38. The normalized spacial score (nSPS) is 22.2. The number of imidazole rings is 1. The summed E-state index contributed by atoms with van der Waals surface area (Å²) in [4.78, 5) is 4.62. The van der Waals surface area contributed by atoms with Crippen LogP contribution in [0.25, 0.3) is 0 Å². The van der Waals surface area contributed by atoms with Gasteiger partial charge in [0.05, 0.1) is 12.0 Å². The molecule has 1 heterocycles. The molecule has 1 N–H and O–H groups in total. The van der Waals surface area contributed by atoms with Crippen molar-refractivity contribution in [3.05, 3.63) is 17.7 Å². The number of nitrogens with zero attached hydrogens (tertiary/aromatic N) is 2. The molecule has 3 nitrogen and oxygen atoms in total.